The minimum absolute atomic E-state index is 0.0434. The Morgan fingerprint density at radius 3 is 2.81 bits per heavy atom. The zero-order valence-corrected chi connectivity index (χ0v) is 12.6. The Kier molecular flexibility index (Phi) is 7.43. The Hall–Kier alpha value is -1.91. The summed E-state index contributed by atoms with van der Waals surface area (Å²) in [6.45, 7) is 3.40. The second-order valence-corrected chi connectivity index (χ2v) is 4.80. The first-order valence-electron chi connectivity index (χ1n) is 7.28. The van der Waals surface area contributed by atoms with Crippen LogP contribution in [0.15, 0.2) is 23.8 Å². The molecule has 0 saturated carbocycles. The van der Waals surface area contributed by atoms with Gasteiger partial charge >= 0.3 is 11.9 Å². The normalized spacial score (nSPS) is 16.5. The molecule has 0 saturated heterocycles. The Labute approximate surface area is 125 Å². The molecule has 0 aromatic heterocycles. The summed E-state index contributed by atoms with van der Waals surface area (Å²) in [5.74, 6) is -0.759. The third-order valence-electron chi connectivity index (χ3n) is 3.09. The molecule has 0 aromatic carbocycles. The average Bonchev–Trinajstić information content (AvgIpc) is 2.43. The molecular formula is C16H22O5. The van der Waals surface area contributed by atoms with Gasteiger partial charge in [-0.3, -0.25) is 9.59 Å². The number of ether oxygens (including phenoxy) is 2. The monoisotopic (exact) mass is 294 g/mol. The number of Topliss-reactive ketones (excluding diaryl/α,β-unsaturated/α-hetero) is 1. The molecule has 0 N–H and O–H groups in total. The Morgan fingerprint density at radius 1 is 1.43 bits per heavy atom. The summed E-state index contributed by atoms with van der Waals surface area (Å²) in [7, 11) is 0. The molecule has 0 spiro atoms. The minimum atomic E-state index is -0.526. The Bertz CT molecular complexity index is 448. The average molecular weight is 294 g/mol. The van der Waals surface area contributed by atoms with Crippen LogP contribution in [-0.2, 0) is 23.9 Å². The molecule has 0 bridgehead atoms. The van der Waals surface area contributed by atoms with E-state index in [9.17, 15) is 14.4 Å². The standard InChI is InChI=1S/C16H22O5/c1-3-20-16(19)11-7-6-10-15(21-12(2)17)13-8-4-5-9-14(13)18/h7-8,11,15H,3-6,9-10H2,1-2H3/b11-7+. The number of carbonyl (C=O) groups excluding carboxylic acids is 3. The van der Waals surface area contributed by atoms with Crippen molar-refractivity contribution in [3.8, 4) is 0 Å². The highest BCUT2D eigenvalue weighted by Gasteiger charge is 2.24. The van der Waals surface area contributed by atoms with Crippen LogP contribution in [-0.4, -0.2) is 30.4 Å². The van der Waals surface area contributed by atoms with Gasteiger partial charge in [-0.2, -0.15) is 0 Å². The lowest BCUT2D eigenvalue weighted by Gasteiger charge is -2.21. The van der Waals surface area contributed by atoms with Crippen molar-refractivity contribution in [2.24, 2.45) is 0 Å². The van der Waals surface area contributed by atoms with Crippen molar-refractivity contribution >= 4 is 17.7 Å². The molecule has 5 nitrogen and oxygen atoms in total. The van der Waals surface area contributed by atoms with Crippen LogP contribution in [0, 0.1) is 0 Å². The van der Waals surface area contributed by atoms with Gasteiger partial charge < -0.3 is 9.47 Å². The quantitative estimate of drug-likeness (QED) is 0.533. The largest absolute Gasteiger partial charge is 0.463 e. The maximum absolute atomic E-state index is 11.9. The molecule has 0 amide bonds. The van der Waals surface area contributed by atoms with Crippen molar-refractivity contribution in [1.29, 1.82) is 0 Å². The molecule has 0 aromatic rings. The van der Waals surface area contributed by atoms with E-state index in [4.69, 9.17) is 9.47 Å². The zero-order valence-electron chi connectivity index (χ0n) is 12.6. The number of rotatable bonds is 7. The minimum Gasteiger partial charge on any atom is -0.463 e. The maximum Gasteiger partial charge on any atom is 0.330 e. The summed E-state index contributed by atoms with van der Waals surface area (Å²) >= 11 is 0. The first-order chi connectivity index (χ1) is 10.0. The predicted molar refractivity (Wildman–Crippen MR) is 77.5 cm³/mol. The van der Waals surface area contributed by atoms with E-state index in [1.807, 2.05) is 6.08 Å². The van der Waals surface area contributed by atoms with Gasteiger partial charge in [-0.25, -0.2) is 4.79 Å². The highest BCUT2D eigenvalue weighted by molar-refractivity contribution is 5.97. The second kappa shape index (κ2) is 9.10. The van der Waals surface area contributed by atoms with E-state index in [-0.39, 0.29) is 5.78 Å². The number of esters is 2. The number of carbonyl (C=O) groups is 3. The van der Waals surface area contributed by atoms with Crippen LogP contribution in [0.4, 0.5) is 0 Å². The molecule has 1 unspecified atom stereocenters. The number of hydrogen-bond donors (Lipinski definition) is 0. The lowest BCUT2D eigenvalue weighted by Crippen LogP contribution is -2.25. The first kappa shape index (κ1) is 17.1. The Balaban J connectivity index is 2.58. The molecule has 21 heavy (non-hydrogen) atoms. The van der Waals surface area contributed by atoms with Crippen molar-refractivity contribution in [2.75, 3.05) is 6.61 Å². The summed E-state index contributed by atoms with van der Waals surface area (Å²) in [6.07, 6.45) is 7.54. The summed E-state index contributed by atoms with van der Waals surface area (Å²) in [5, 5.41) is 0. The van der Waals surface area contributed by atoms with Gasteiger partial charge in [-0.15, -0.1) is 0 Å². The topological polar surface area (TPSA) is 69.7 Å². The van der Waals surface area contributed by atoms with Gasteiger partial charge in [0.2, 0.25) is 0 Å². The van der Waals surface area contributed by atoms with E-state index in [0.29, 0.717) is 31.4 Å². The lowest BCUT2D eigenvalue weighted by molar-refractivity contribution is -0.145. The third kappa shape index (κ3) is 6.38. The SMILES string of the molecule is CCOC(=O)/C=C/CCC(OC(C)=O)C1=CCCCC1=O. The van der Waals surface area contributed by atoms with E-state index >= 15 is 0 Å². The van der Waals surface area contributed by atoms with Gasteiger partial charge in [-0.1, -0.05) is 12.2 Å². The smallest absolute Gasteiger partial charge is 0.330 e. The Morgan fingerprint density at radius 2 is 2.19 bits per heavy atom. The maximum atomic E-state index is 11.9. The molecule has 0 radical (unpaired) electrons. The van der Waals surface area contributed by atoms with E-state index < -0.39 is 18.0 Å². The number of ketones is 1. The van der Waals surface area contributed by atoms with Crippen LogP contribution < -0.4 is 0 Å². The van der Waals surface area contributed by atoms with Crippen molar-refractivity contribution < 1.29 is 23.9 Å². The van der Waals surface area contributed by atoms with Crippen molar-refractivity contribution in [3.63, 3.8) is 0 Å². The van der Waals surface area contributed by atoms with Crippen molar-refractivity contribution in [2.45, 2.75) is 52.1 Å². The summed E-state index contributed by atoms with van der Waals surface area (Å²) in [5.41, 5.74) is 0.584. The van der Waals surface area contributed by atoms with E-state index in [0.717, 1.165) is 12.8 Å². The van der Waals surface area contributed by atoms with Gasteiger partial charge in [0.25, 0.3) is 0 Å². The number of allylic oxidation sites excluding steroid dienone is 2. The molecule has 5 heteroatoms. The fourth-order valence-electron chi connectivity index (χ4n) is 2.19. The predicted octanol–water partition coefficient (Wildman–Crippen LogP) is 2.50. The van der Waals surface area contributed by atoms with Crippen LogP contribution >= 0.6 is 0 Å². The van der Waals surface area contributed by atoms with E-state index in [1.165, 1.54) is 13.0 Å². The highest BCUT2D eigenvalue weighted by Crippen LogP contribution is 2.22. The third-order valence-corrected chi connectivity index (χ3v) is 3.09. The highest BCUT2D eigenvalue weighted by atomic mass is 16.5. The van der Waals surface area contributed by atoms with Crippen LogP contribution in [0.5, 0.6) is 0 Å². The molecule has 0 heterocycles. The summed E-state index contributed by atoms with van der Waals surface area (Å²) < 4.78 is 10.0. The molecule has 0 fully saturated rings. The molecule has 1 aliphatic carbocycles. The molecule has 1 rings (SSSR count). The van der Waals surface area contributed by atoms with Crippen LogP contribution in [0.1, 0.15) is 46.0 Å². The lowest BCUT2D eigenvalue weighted by atomic mass is 9.92. The van der Waals surface area contributed by atoms with E-state index in [2.05, 4.69) is 0 Å². The zero-order chi connectivity index (χ0) is 15.7. The first-order valence-corrected chi connectivity index (χ1v) is 7.28. The number of hydrogen-bond acceptors (Lipinski definition) is 5. The fourth-order valence-corrected chi connectivity index (χ4v) is 2.19. The van der Waals surface area contributed by atoms with Gasteiger partial charge in [0.1, 0.15) is 6.10 Å². The van der Waals surface area contributed by atoms with Crippen molar-refractivity contribution in [3.05, 3.63) is 23.8 Å². The van der Waals surface area contributed by atoms with Crippen LogP contribution in [0.3, 0.4) is 0 Å². The molecule has 116 valence electrons. The molecule has 0 aliphatic heterocycles. The molecule has 1 atom stereocenters. The van der Waals surface area contributed by atoms with Gasteiger partial charge in [0.15, 0.2) is 5.78 Å². The van der Waals surface area contributed by atoms with Crippen LogP contribution in [0.25, 0.3) is 0 Å². The second-order valence-electron chi connectivity index (χ2n) is 4.80. The molecular weight excluding hydrogens is 272 g/mol. The summed E-state index contributed by atoms with van der Waals surface area (Å²) in [4.78, 5) is 34.2. The van der Waals surface area contributed by atoms with Gasteiger partial charge in [0.05, 0.1) is 6.61 Å². The van der Waals surface area contributed by atoms with E-state index in [1.54, 1.807) is 13.0 Å². The van der Waals surface area contributed by atoms with Gasteiger partial charge in [-0.05, 0) is 32.6 Å². The van der Waals surface area contributed by atoms with Crippen LogP contribution in [0.2, 0.25) is 0 Å². The fraction of sp³-hybridized carbons (Fsp3) is 0.562. The summed E-state index contributed by atoms with van der Waals surface area (Å²) in [6, 6.07) is 0. The van der Waals surface area contributed by atoms with Crippen molar-refractivity contribution in [1.82, 2.24) is 0 Å². The molecule has 1 aliphatic rings. The van der Waals surface area contributed by atoms with Gasteiger partial charge in [0, 0.05) is 25.0 Å².